The molecule has 0 aromatic heterocycles. The van der Waals surface area contributed by atoms with Crippen LogP contribution < -0.4 is 24.3 Å². The summed E-state index contributed by atoms with van der Waals surface area (Å²) in [5.41, 5.74) is 0.380. The van der Waals surface area contributed by atoms with Gasteiger partial charge in [0, 0.05) is 0 Å². The molecule has 0 heterocycles. The first-order valence-electron chi connectivity index (χ1n) is 9.99. The SMILES string of the molecule is CCOc1ccc(NC(=O)C(N=Nc2c(Cl)ccc(OC)c2OC)C(C)=O)c(OCC)c1Cl. The minimum absolute atomic E-state index is 0.122. The Morgan fingerprint density at radius 3 is 2.21 bits per heavy atom. The molecular weight excluding hydrogens is 473 g/mol. The van der Waals surface area contributed by atoms with Crippen molar-refractivity contribution in [2.45, 2.75) is 26.8 Å². The van der Waals surface area contributed by atoms with Crippen LogP contribution in [-0.2, 0) is 9.59 Å². The van der Waals surface area contributed by atoms with Gasteiger partial charge in [0.05, 0.1) is 38.1 Å². The topological polar surface area (TPSA) is 108 Å². The van der Waals surface area contributed by atoms with Crippen molar-refractivity contribution in [1.29, 1.82) is 0 Å². The molecule has 1 N–H and O–H groups in total. The summed E-state index contributed by atoms with van der Waals surface area (Å²) in [6.07, 6.45) is 0. The van der Waals surface area contributed by atoms with Gasteiger partial charge in [0.25, 0.3) is 5.91 Å². The summed E-state index contributed by atoms with van der Waals surface area (Å²) in [5, 5.41) is 11.0. The third kappa shape index (κ3) is 6.27. The lowest BCUT2D eigenvalue weighted by atomic mass is 10.2. The maximum atomic E-state index is 12.9. The fourth-order valence-electron chi connectivity index (χ4n) is 2.80. The molecule has 9 nitrogen and oxygen atoms in total. The number of hydrogen-bond donors (Lipinski definition) is 1. The number of anilines is 1. The van der Waals surface area contributed by atoms with Crippen LogP contribution in [0.2, 0.25) is 10.0 Å². The second-order valence-electron chi connectivity index (χ2n) is 6.47. The summed E-state index contributed by atoms with van der Waals surface area (Å²) >= 11 is 12.6. The van der Waals surface area contributed by atoms with Gasteiger partial charge in [0.2, 0.25) is 6.04 Å². The molecule has 0 radical (unpaired) electrons. The Kier molecular flexibility index (Phi) is 9.74. The highest BCUT2D eigenvalue weighted by molar-refractivity contribution is 6.34. The predicted octanol–water partition coefficient (Wildman–Crippen LogP) is 5.49. The standard InChI is InChI=1S/C22H25Cl2N3O6/c1-6-32-15-11-9-14(20(17(15)24)33-7-2)25-22(29)18(12(3)28)26-27-19-13(23)8-10-16(30-4)21(19)31-5/h8-11,18H,6-7H2,1-5H3,(H,25,29). The molecule has 2 aromatic rings. The van der Waals surface area contributed by atoms with Crippen molar-refractivity contribution in [3.63, 3.8) is 0 Å². The number of carbonyl (C=O) groups is 2. The number of ether oxygens (including phenoxy) is 4. The molecule has 33 heavy (non-hydrogen) atoms. The molecule has 0 aliphatic rings. The lowest BCUT2D eigenvalue weighted by molar-refractivity contribution is -0.126. The fourth-order valence-corrected chi connectivity index (χ4v) is 3.26. The Morgan fingerprint density at radius 2 is 1.64 bits per heavy atom. The summed E-state index contributed by atoms with van der Waals surface area (Å²) in [4.78, 5) is 25.1. The molecule has 0 saturated heterocycles. The molecule has 1 atom stereocenters. The highest BCUT2D eigenvalue weighted by Gasteiger charge is 2.26. The van der Waals surface area contributed by atoms with Crippen LogP contribution in [0.3, 0.4) is 0 Å². The second-order valence-corrected chi connectivity index (χ2v) is 7.25. The Labute approximate surface area is 202 Å². The molecule has 0 aliphatic carbocycles. The molecule has 0 spiro atoms. The van der Waals surface area contributed by atoms with Gasteiger partial charge in [-0.1, -0.05) is 23.2 Å². The number of hydrogen-bond acceptors (Lipinski definition) is 8. The van der Waals surface area contributed by atoms with Gasteiger partial charge in [-0.25, -0.2) is 0 Å². The Hall–Kier alpha value is -3.04. The zero-order valence-corrected chi connectivity index (χ0v) is 20.4. The van der Waals surface area contributed by atoms with Crippen LogP contribution in [0.25, 0.3) is 0 Å². The second kappa shape index (κ2) is 12.3. The van der Waals surface area contributed by atoms with Crippen LogP contribution in [0.5, 0.6) is 23.0 Å². The Bertz CT molecular complexity index is 1050. The Balaban J connectivity index is 2.38. The molecule has 11 heteroatoms. The van der Waals surface area contributed by atoms with Gasteiger partial charge in [0.15, 0.2) is 23.0 Å². The molecule has 0 aliphatic heterocycles. The van der Waals surface area contributed by atoms with Crippen molar-refractivity contribution in [3.8, 4) is 23.0 Å². The maximum absolute atomic E-state index is 12.9. The highest BCUT2D eigenvalue weighted by atomic mass is 35.5. The number of methoxy groups -OCH3 is 2. The van der Waals surface area contributed by atoms with E-state index in [9.17, 15) is 9.59 Å². The van der Waals surface area contributed by atoms with Gasteiger partial charge < -0.3 is 24.3 Å². The van der Waals surface area contributed by atoms with E-state index in [0.717, 1.165) is 0 Å². The van der Waals surface area contributed by atoms with Crippen molar-refractivity contribution in [2.24, 2.45) is 10.2 Å². The van der Waals surface area contributed by atoms with E-state index in [1.54, 1.807) is 25.1 Å². The van der Waals surface area contributed by atoms with Gasteiger partial charge in [-0.05, 0) is 45.0 Å². The maximum Gasteiger partial charge on any atom is 0.258 e. The van der Waals surface area contributed by atoms with Crippen molar-refractivity contribution in [2.75, 3.05) is 32.8 Å². The molecule has 1 amide bonds. The largest absolute Gasteiger partial charge is 0.493 e. The summed E-state index contributed by atoms with van der Waals surface area (Å²) in [5.74, 6) is -0.0634. The van der Waals surface area contributed by atoms with E-state index < -0.39 is 17.7 Å². The van der Waals surface area contributed by atoms with Crippen LogP contribution in [0.4, 0.5) is 11.4 Å². The van der Waals surface area contributed by atoms with Gasteiger partial charge in [0.1, 0.15) is 16.5 Å². The first-order chi connectivity index (χ1) is 15.8. The van der Waals surface area contributed by atoms with Crippen LogP contribution in [0, 0.1) is 0 Å². The minimum atomic E-state index is -1.46. The molecule has 0 fully saturated rings. The van der Waals surface area contributed by atoms with Crippen LogP contribution in [0.1, 0.15) is 20.8 Å². The first-order valence-corrected chi connectivity index (χ1v) is 10.7. The van der Waals surface area contributed by atoms with Crippen LogP contribution in [-0.4, -0.2) is 45.2 Å². The summed E-state index contributed by atoms with van der Waals surface area (Å²) < 4.78 is 21.6. The molecule has 0 bridgehead atoms. The molecule has 0 saturated carbocycles. The van der Waals surface area contributed by atoms with Crippen molar-refractivity contribution >= 4 is 46.3 Å². The quantitative estimate of drug-likeness (QED) is 0.324. The number of amides is 1. The van der Waals surface area contributed by atoms with Crippen molar-refractivity contribution < 1.29 is 28.5 Å². The smallest absolute Gasteiger partial charge is 0.258 e. The third-order valence-electron chi connectivity index (χ3n) is 4.28. The Morgan fingerprint density at radius 1 is 0.970 bits per heavy atom. The molecule has 178 valence electrons. The highest BCUT2D eigenvalue weighted by Crippen LogP contribution is 2.43. The molecule has 2 aromatic carbocycles. The number of carbonyl (C=O) groups excluding carboxylic acids is 2. The van der Waals surface area contributed by atoms with Crippen molar-refractivity contribution in [3.05, 3.63) is 34.3 Å². The number of nitrogens with zero attached hydrogens (tertiary/aromatic N) is 2. The average Bonchev–Trinajstić information content (AvgIpc) is 2.78. The number of azo groups is 1. The van der Waals surface area contributed by atoms with E-state index in [0.29, 0.717) is 24.7 Å². The van der Waals surface area contributed by atoms with E-state index in [-0.39, 0.29) is 32.9 Å². The predicted molar refractivity (Wildman–Crippen MR) is 126 cm³/mol. The normalized spacial score (nSPS) is 11.7. The van der Waals surface area contributed by atoms with E-state index in [1.165, 1.54) is 27.2 Å². The van der Waals surface area contributed by atoms with E-state index in [4.69, 9.17) is 42.1 Å². The average molecular weight is 498 g/mol. The van der Waals surface area contributed by atoms with Gasteiger partial charge in [-0.15, -0.1) is 5.11 Å². The fraction of sp³-hybridized carbons (Fsp3) is 0.364. The van der Waals surface area contributed by atoms with Gasteiger partial charge >= 0.3 is 0 Å². The number of Topliss-reactive ketones (excluding diaryl/α,β-unsaturated/α-hetero) is 1. The summed E-state index contributed by atoms with van der Waals surface area (Å²) in [7, 11) is 2.86. The van der Waals surface area contributed by atoms with Crippen LogP contribution >= 0.6 is 23.2 Å². The zero-order chi connectivity index (χ0) is 24.5. The zero-order valence-electron chi connectivity index (χ0n) is 18.9. The van der Waals surface area contributed by atoms with E-state index in [1.807, 2.05) is 6.92 Å². The summed E-state index contributed by atoms with van der Waals surface area (Å²) in [6.45, 7) is 5.51. The number of halogens is 2. The first kappa shape index (κ1) is 26.2. The number of rotatable bonds is 11. The number of ketones is 1. The van der Waals surface area contributed by atoms with E-state index in [2.05, 4.69) is 15.5 Å². The lowest BCUT2D eigenvalue weighted by Gasteiger charge is -2.17. The number of nitrogens with one attached hydrogen (secondary N) is 1. The summed E-state index contributed by atoms with van der Waals surface area (Å²) in [6, 6.07) is 4.83. The lowest BCUT2D eigenvalue weighted by Crippen LogP contribution is -2.32. The van der Waals surface area contributed by atoms with Crippen LogP contribution in [0.15, 0.2) is 34.5 Å². The minimum Gasteiger partial charge on any atom is -0.493 e. The van der Waals surface area contributed by atoms with Crippen molar-refractivity contribution in [1.82, 2.24) is 0 Å². The van der Waals surface area contributed by atoms with Gasteiger partial charge in [-0.3, -0.25) is 9.59 Å². The monoisotopic (exact) mass is 497 g/mol. The third-order valence-corrected chi connectivity index (χ3v) is 4.95. The molecular formula is C22H25Cl2N3O6. The number of benzene rings is 2. The van der Waals surface area contributed by atoms with E-state index >= 15 is 0 Å². The molecule has 1 unspecified atom stereocenters. The van der Waals surface area contributed by atoms with Gasteiger partial charge in [-0.2, -0.15) is 5.11 Å². The molecule has 2 rings (SSSR count).